The number of nitriles is 1. The topological polar surface area (TPSA) is 115 Å². The fourth-order valence-corrected chi connectivity index (χ4v) is 7.54. The molecule has 0 radical (unpaired) electrons. The minimum atomic E-state index is -3.80. The number of nitrogens with zero attached hydrogens (tertiary/aromatic N) is 2. The van der Waals surface area contributed by atoms with Crippen LogP contribution in [0.2, 0.25) is 5.02 Å². The Kier molecular flexibility index (Phi) is 6.28. The molecule has 160 valence electrons. The molecular formula is C20H22ClN3O4S2. The number of sulfone groups is 1. The molecule has 2 aromatic rings. The van der Waals surface area contributed by atoms with E-state index >= 15 is 0 Å². The van der Waals surface area contributed by atoms with E-state index in [-0.39, 0.29) is 24.8 Å². The zero-order valence-corrected chi connectivity index (χ0v) is 19.2. The van der Waals surface area contributed by atoms with Gasteiger partial charge in [0.2, 0.25) is 0 Å². The van der Waals surface area contributed by atoms with Crippen LogP contribution in [-0.2, 0) is 24.8 Å². The second-order valence-corrected chi connectivity index (χ2v) is 11.1. The van der Waals surface area contributed by atoms with E-state index in [9.17, 15) is 8.42 Å². The van der Waals surface area contributed by atoms with E-state index in [2.05, 4.69) is 11.1 Å². The van der Waals surface area contributed by atoms with Crippen LogP contribution in [-0.4, -0.2) is 52.2 Å². The summed E-state index contributed by atoms with van der Waals surface area (Å²) < 4.78 is 35.5. The molecule has 10 heteroatoms. The highest BCUT2D eigenvalue weighted by Crippen LogP contribution is 2.46. The van der Waals surface area contributed by atoms with Gasteiger partial charge in [-0.15, -0.1) is 11.3 Å². The maximum absolute atomic E-state index is 13.4. The second-order valence-electron chi connectivity index (χ2n) is 7.37. The fraction of sp³-hybridized carbons (Fsp3) is 0.400. The molecule has 0 amide bonds. The van der Waals surface area contributed by atoms with Crippen molar-refractivity contribution < 1.29 is 17.9 Å². The first-order valence-electron chi connectivity index (χ1n) is 8.99. The van der Waals surface area contributed by atoms with Gasteiger partial charge in [0.05, 0.1) is 40.5 Å². The van der Waals surface area contributed by atoms with Crippen LogP contribution in [0.5, 0.6) is 0 Å². The average Bonchev–Trinajstić information content (AvgIpc) is 3.09. The molecule has 0 unspecified atom stereocenters. The quantitative estimate of drug-likeness (QED) is 0.698. The van der Waals surface area contributed by atoms with Gasteiger partial charge in [0, 0.05) is 19.1 Å². The zero-order chi connectivity index (χ0) is 22.2. The van der Waals surface area contributed by atoms with Gasteiger partial charge in [-0.3, -0.25) is 4.99 Å². The van der Waals surface area contributed by atoms with Crippen molar-refractivity contribution in [2.24, 2.45) is 10.7 Å². The molecule has 0 fully saturated rings. The molecule has 30 heavy (non-hydrogen) atoms. The highest BCUT2D eigenvalue weighted by Gasteiger charge is 2.55. The van der Waals surface area contributed by atoms with Gasteiger partial charge in [0.25, 0.3) is 0 Å². The molecular weight excluding hydrogens is 446 g/mol. The van der Waals surface area contributed by atoms with Crippen LogP contribution in [0.15, 0.2) is 35.3 Å². The van der Waals surface area contributed by atoms with Crippen LogP contribution in [0.1, 0.15) is 17.4 Å². The van der Waals surface area contributed by atoms with Crippen LogP contribution in [0.3, 0.4) is 0 Å². The number of benzene rings is 1. The van der Waals surface area contributed by atoms with E-state index < -0.39 is 20.1 Å². The Morgan fingerprint density at radius 1 is 1.30 bits per heavy atom. The molecule has 7 nitrogen and oxygen atoms in total. The van der Waals surface area contributed by atoms with Crippen LogP contribution in [0.4, 0.5) is 0 Å². The summed E-state index contributed by atoms with van der Waals surface area (Å²) in [4.78, 5) is 6.01. The molecule has 1 aromatic carbocycles. The largest absolute Gasteiger partial charge is 0.386 e. The standard InChI is InChI=1S/C20H22ClN3O4S2/c1-19(12-30(25,26)20(10-27-2,11-28-3)18(23)24-19)17-15(21)8-16(29-17)14-6-4-5-13(7-14)9-22/h4-8H,10-12H2,1-3H3,(H2,23,24)/t19-/m0/s1. The Morgan fingerprint density at radius 3 is 2.53 bits per heavy atom. The maximum atomic E-state index is 13.4. The minimum Gasteiger partial charge on any atom is -0.386 e. The normalized spacial score (nSPS) is 22.3. The monoisotopic (exact) mass is 467 g/mol. The molecule has 0 saturated heterocycles. The van der Waals surface area contributed by atoms with Crippen LogP contribution >= 0.6 is 22.9 Å². The van der Waals surface area contributed by atoms with Crippen LogP contribution in [0, 0.1) is 11.3 Å². The molecule has 0 saturated carbocycles. The third kappa shape index (κ3) is 3.74. The first-order valence-corrected chi connectivity index (χ1v) is 11.8. The van der Waals surface area contributed by atoms with Crippen molar-refractivity contribution in [3.63, 3.8) is 0 Å². The van der Waals surface area contributed by atoms with Gasteiger partial charge >= 0.3 is 0 Å². The maximum Gasteiger partial charge on any atom is 0.175 e. The number of aliphatic imine (C=N–C) groups is 1. The smallest absolute Gasteiger partial charge is 0.175 e. The van der Waals surface area contributed by atoms with E-state index in [0.717, 1.165) is 10.4 Å². The Labute approximate surface area is 185 Å². The van der Waals surface area contributed by atoms with Gasteiger partial charge in [-0.25, -0.2) is 8.42 Å². The Hall–Kier alpha value is -1.96. The van der Waals surface area contributed by atoms with Gasteiger partial charge in [-0.1, -0.05) is 23.7 Å². The lowest BCUT2D eigenvalue weighted by atomic mass is 10.0. The van der Waals surface area contributed by atoms with Crippen molar-refractivity contribution in [1.29, 1.82) is 5.26 Å². The van der Waals surface area contributed by atoms with Gasteiger partial charge < -0.3 is 15.2 Å². The summed E-state index contributed by atoms with van der Waals surface area (Å²) in [5, 5.41) is 9.55. The summed E-state index contributed by atoms with van der Waals surface area (Å²) >= 11 is 7.85. The summed E-state index contributed by atoms with van der Waals surface area (Å²) in [7, 11) is -0.981. The Balaban J connectivity index is 2.12. The van der Waals surface area contributed by atoms with Crippen molar-refractivity contribution in [2.75, 3.05) is 33.2 Å². The third-order valence-electron chi connectivity index (χ3n) is 5.11. The number of methoxy groups -OCH3 is 2. The summed E-state index contributed by atoms with van der Waals surface area (Å²) in [6.07, 6.45) is 0. The Bertz CT molecular complexity index is 1130. The van der Waals surface area contributed by atoms with Crippen molar-refractivity contribution in [2.45, 2.75) is 17.2 Å². The van der Waals surface area contributed by atoms with Crippen LogP contribution in [0.25, 0.3) is 10.4 Å². The third-order valence-corrected chi connectivity index (χ3v) is 9.53. The molecule has 2 heterocycles. The molecule has 1 aromatic heterocycles. The van der Waals surface area contributed by atoms with E-state index in [4.69, 9.17) is 32.1 Å². The predicted molar refractivity (Wildman–Crippen MR) is 119 cm³/mol. The van der Waals surface area contributed by atoms with Crippen molar-refractivity contribution in [3.05, 3.63) is 45.8 Å². The van der Waals surface area contributed by atoms with Gasteiger partial charge in [-0.2, -0.15) is 5.26 Å². The van der Waals surface area contributed by atoms with Gasteiger partial charge in [0.15, 0.2) is 14.6 Å². The van der Waals surface area contributed by atoms with Gasteiger partial charge in [-0.05, 0) is 30.7 Å². The number of halogens is 1. The molecule has 1 atom stereocenters. The number of thiophene rings is 1. The first kappa shape index (κ1) is 22.7. The summed E-state index contributed by atoms with van der Waals surface area (Å²) in [6.45, 7) is 1.39. The number of ether oxygens (including phenoxy) is 2. The molecule has 0 aliphatic carbocycles. The highest BCUT2D eigenvalue weighted by molar-refractivity contribution is 7.93. The fourth-order valence-electron chi connectivity index (χ4n) is 3.64. The number of hydrogen-bond donors (Lipinski definition) is 1. The molecule has 3 rings (SSSR count). The number of nitrogens with two attached hydrogens (primary N) is 1. The summed E-state index contributed by atoms with van der Waals surface area (Å²) in [5.41, 5.74) is 6.41. The van der Waals surface area contributed by atoms with Crippen molar-refractivity contribution in [1.82, 2.24) is 0 Å². The Morgan fingerprint density at radius 2 is 1.97 bits per heavy atom. The van der Waals surface area contributed by atoms with E-state index in [1.54, 1.807) is 31.2 Å². The van der Waals surface area contributed by atoms with E-state index in [1.807, 2.05) is 6.07 Å². The second kappa shape index (κ2) is 8.29. The molecule has 0 spiro atoms. The highest BCUT2D eigenvalue weighted by atomic mass is 35.5. The molecule has 0 bridgehead atoms. The summed E-state index contributed by atoms with van der Waals surface area (Å²) in [6, 6.07) is 11.0. The lowest BCUT2D eigenvalue weighted by Crippen LogP contribution is -2.62. The van der Waals surface area contributed by atoms with Crippen molar-refractivity contribution in [3.8, 4) is 16.5 Å². The van der Waals surface area contributed by atoms with Gasteiger partial charge in [0.1, 0.15) is 11.4 Å². The molecule has 2 N–H and O–H groups in total. The lowest BCUT2D eigenvalue weighted by molar-refractivity contribution is 0.121. The SMILES string of the molecule is COCC1(COC)C(N)=N[C@](C)(c2sc(-c3cccc(C#N)c3)cc2Cl)CS1(=O)=O. The number of hydrogen-bond acceptors (Lipinski definition) is 8. The first-order chi connectivity index (χ1) is 14.1. The molecule has 1 aliphatic heterocycles. The molecule has 1 aliphatic rings. The van der Waals surface area contributed by atoms with Crippen molar-refractivity contribution >= 4 is 38.6 Å². The zero-order valence-electron chi connectivity index (χ0n) is 16.8. The predicted octanol–water partition coefficient (Wildman–Crippen LogP) is 2.97. The van der Waals surface area contributed by atoms with Crippen LogP contribution < -0.4 is 5.73 Å². The average molecular weight is 468 g/mol. The number of rotatable bonds is 6. The summed E-state index contributed by atoms with van der Waals surface area (Å²) in [5.74, 6) is -0.344. The van der Waals surface area contributed by atoms with E-state index in [1.165, 1.54) is 25.6 Å². The lowest BCUT2D eigenvalue weighted by Gasteiger charge is -2.40. The minimum absolute atomic E-state index is 0.0579. The number of amidine groups is 1. The van der Waals surface area contributed by atoms with E-state index in [0.29, 0.717) is 15.5 Å².